The van der Waals surface area contributed by atoms with Crippen LogP contribution in [0.15, 0.2) is 55.0 Å². The number of carbonyl (C=O) groups excluding carboxylic acids is 5. The zero-order valence-corrected chi connectivity index (χ0v) is 49.2. The Hall–Kier alpha value is -6.77. The number of aromatic carboxylic acids is 1. The average molecular weight is 1270 g/mol. The number of carboxylic acid groups (broad SMARTS) is 1. The number of aliphatic hydroxyl groups is 1. The normalized spacial score (nSPS) is 9.65. The molecule has 0 spiro atoms. The van der Waals surface area contributed by atoms with Gasteiger partial charge in [-0.1, -0.05) is 69.6 Å². The van der Waals surface area contributed by atoms with E-state index in [-0.39, 0.29) is 82.6 Å². The zero-order chi connectivity index (χ0) is 60.6. The third kappa shape index (κ3) is 20.4. The Morgan fingerprint density at radius 1 is 0.544 bits per heavy atom. The fourth-order valence-electron chi connectivity index (χ4n) is 5.44. The van der Waals surface area contributed by atoms with Crippen molar-refractivity contribution in [1.29, 1.82) is 0 Å². The summed E-state index contributed by atoms with van der Waals surface area (Å²) in [6.07, 6.45) is 6.40. The molecule has 0 fully saturated rings. The molecule has 5 rings (SSSR count). The first-order chi connectivity index (χ1) is 36.4. The van der Waals surface area contributed by atoms with Crippen LogP contribution in [-0.4, -0.2) is 123 Å². The van der Waals surface area contributed by atoms with E-state index < -0.39 is 75.2 Å². The number of carboxylic acids is 1. The summed E-state index contributed by atoms with van der Waals surface area (Å²) in [5, 5.41) is 18.6. The van der Waals surface area contributed by atoms with E-state index >= 15 is 0 Å². The lowest BCUT2D eigenvalue weighted by Crippen LogP contribution is -3.00. The number of nitrogens with zero attached hydrogens (tertiary/aromatic N) is 7. The highest BCUT2D eigenvalue weighted by molar-refractivity contribution is 6.35. The smallest absolute Gasteiger partial charge is 0.340 e. The second-order valence-corrected chi connectivity index (χ2v) is 16.9. The Kier molecular flexibility index (Phi) is 33.6. The molecule has 0 saturated heterocycles. The highest BCUT2D eigenvalue weighted by Crippen LogP contribution is 2.21. The summed E-state index contributed by atoms with van der Waals surface area (Å²) in [7, 11) is 14.9. The quantitative estimate of drug-likeness (QED) is 0.0766. The minimum absolute atomic E-state index is 0. The van der Waals surface area contributed by atoms with Gasteiger partial charge in [-0.3, -0.25) is 34.1 Å². The molecule has 0 aromatic carbocycles. The third-order valence-corrected chi connectivity index (χ3v) is 11.3. The Labute approximate surface area is 488 Å². The van der Waals surface area contributed by atoms with Crippen LogP contribution < -0.4 is 45.5 Å². The standard InChI is InChI=1S/C10H10ClNO5.C9H9Cl2NO3.C9H8ClNO5.C9H10ClNO4.C5H4Cl2N2O.C3H6N2.ClH/c1-12-4-5(9(14)16-2)6(10(15)17-3)7(11)8(12)13;1-12-4-5(3-10)6(9(14)15-2)7(11)8(12)13;1-11-3-4(8(13)14)5(9(15)16-2)6(10)7(11)12;1-11-3-5(4-12)6(9(14)15-2)7(10)8(11)13;1-9-2-3(6)8-4(7)5(9)10;1-4-3-5-2;/h4H,1-3H3;4H,3H2,1-2H3;3H,1-2H3,(H,13,14);3,12H,4H2,1-2H3;2H,1H3;4H,3H2,1H3;1H. The zero-order valence-electron chi connectivity index (χ0n) is 43.2. The number of esters is 5. The number of alkyl halides is 1. The number of carbonyl (C=O) groups is 6. The molecular weight excluding hydrogens is 1220 g/mol. The van der Waals surface area contributed by atoms with Gasteiger partial charge in [0.05, 0.1) is 82.6 Å². The Bertz CT molecular complexity index is 3290. The molecule has 0 atom stereocenters. The predicted octanol–water partition coefficient (Wildman–Crippen LogP) is 0.165. The van der Waals surface area contributed by atoms with Crippen molar-refractivity contribution in [3.8, 4) is 0 Å². The van der Waals surface area contributed by atoms with Crippen LogP contribution in [0.4, 0.5) is 0 Å². The van der Waals surface area contributed by atoms with Gasteiger partial charge in [0.25, 0.3) is 27.8 Å². The lowest BCUT2D eigenvalue weighted by molar-refractivity contribution is -0.618. The van der Waals surface area contributed by atoms with E-state index in [4.69, 9.17) is 98.0 Å². The number of pyridine rings is 4. The van der Waals surface area contributed by atoms with Crippen LogP contribution >= 0.6 is 81.2 Å². The van der Waals surface area contributed by atoms with E-state index in [1.165, 1.54) is 80.9 Å². The second-order valence-electron chi connectivity index (χ2n) is 14.4. The van der Waals surface area contributed by atoms with Crippen LogP contribution in [0.25, 0.3) is 4.85 Å². The molecule has 0 aliphatic heterocycles. The van der Waals surface area contributed by atoms with E-state index in [1.807, 2.05) is 12.4 Å². The summed E-state index contributed by atoms with van der Waals surface area (Å²) in [5.74, 6) is -5.28. The van der Waals surface area contributed by atoms with Crippen molar-refractivity contribution in [3.05, 3.63) is 169 Å². The molecule has 0 aliphatic carbocycles. The number of nitrogens with two attached hydrogens (primary N) is 1. The van der Waals surface area contributed by atoms with Crippen molar-refractivity contribution >= 4 is 117 Å². The molecule has 0 saturated carbocycles. The molecule has 432 valence electrons. The molecular formula is C45H48Cl8N8O18. The van der Waals surface area contributed by atoms with Crippen molar-refractivity contribution in [2.75, 3.05) is 49.3 Å². The van der Waals surface area contributed by atoms with Gasteiger partial charge in [-0.25, -0.2) is 40.3 Å². The van der Waals surface area contributed by atoms with Crippen LogP contribution in [0.5, 0.6) is 0 Å². The van der Waals surface area contributed by atoms with Gasteiger partial charge in [-0.2, -0.15) is 0 Å². The molecule has 0 unspecified atom stereocenters. The first kappa shape index (κ1) is 74.3. The predicted molar refractivity (Wildman–Crippen MR) is 285 cm³/mol. The van der Waals surface area contributed by atoms with Crippen molar-refractivity contribution in [3.63, 3.8) is 0 Å². The van der Waals surface area contributed by atoms with Crippen LogP contribution in [0.1, 0.15) is 73.3 Å². The maximum atomic E-state index is 11.5. The molecule has 5 aromatic heterocycles. The first-order valence-electron chi connectivity index (χ1n) is 20.8. The topological polar surface area (TPSA) is 333 Å². The van der Waals surface area contributed by atoms with Gasteiger partial charge in [0.2, 0.25) is 0 Å². The Morgan fingerprint density at radius 2 is 0.861 bits per heavy atom. The largest absolute Gasteiger partial charge is 1.00 e. The maximum absolute atomic E-state index is 11.5. The van der Waals surface area contributed by atoms with Gasteiger partial charge in [-0.05, 0) is 5.56 Å². The number of hydrogen-bond donors (Lipinski definition) is 3. The molecule has 34 heteroatoms. The number of halogens is 8. The number of ether oxygens (including phenoxy) is 5. The molecule has 26 nitrogen and oxygen atoms in total. The number of aryl methyl sites for hydroxylation is 5. The highest BCUT2D eigenvalue weighted by Gasteiger charge is 2.26. The summed E-state index contributed by atoms with van der Waals surface area (Å²) in [6.45, 7) is 6.36. The van der Waals surface area contributed by atoms with E-state index in [2.05, 4.69) is 33.5 Å². The monoisotopic (exact) mass is 1270 g/mol. The average Bonchev–Trinajstić information content (AvgIpc) is 3.41. The van der Waals surface area contributed by atoms with E-state index in [1.54, 1.807) is 7.05 Å². The summed E-state index contributed by atoms with van der Waals surface area (Å²) >= 11 is 39.3. The van der Waals surface area contributed by atoms with Gasteiger partial charge in [-0.15, -0.1) is 11.6 Å². The minimum Gasteiger partial charge on any atom is -1.00 e. The summed E-state index contributed by atoms with van der Waals surface area (Å²) < 4.78 is 28.1. The number of quaternary nitrogens is 1. The number of hydrogen-bond acceptors (Lipinski definition) is 18. The molecule has 0 amide bonds. The van der Waals surface area contributed by atoms with E-state index in [9.17, 15) is 52.7 Å². The lowest BCUT2D eigenvalue weighted by atomic mass is 10.1. The molecule has 5 heterocycles. The summed E-state index contributed by atoms with van der Waals surface area (Å²) in [4.78, 5) is 131. The van der Waals surface area contributed by atoms with Crippen LogP contribution in [0.3, 0.4) is 0 Å². The van der Waals surface area contributed by atoms with Crippen molar-refractivity contribution in [2.45, 2.75) is 12.5 Å². The molecule has 4 N–H and O–H groups in total. The van der Waals surface area contributed by atoms with E-state index in [0.717, 1.165) is 36.7 Å². The minimum atomic E-state index is -1.36. The van der Waals surface area contributed by atoms with Crippen LogP contribution in [-0.2, 0) is 71.4 Å². The van der Waals surface area contributed by atoms with Gasteiger partial charge in [0.1, 0.15) is 25.2 Å². The SMILES string of the molecule is COC(=O)c1c(C(=O)O)cn(C)c(=O)c1Cl.COC(=O)c1c(CCl)cn(C)c(=O)c1Cl.COC(=O)c1c(CO)cn(C)c(=O)c1Cl.COC(=O)c1cn(C)c(=O)c(Cl)c1C(=O)OC.Cn1cc(Cl)nc(Cl)c1=O.[C-]#[N+]C[NH2+]C.[Cl-]. The Morgan fingerprint density at radius 3 is 1.18 bits per heavy atom. The fourth-order valence-corrected chi connectivity index (χ4v) is 7.42. The number of aromatic nitrogens is 6. The van der Waals surface area contributed by atoms with Gasteiger partial charge < -0.3 is 69.1 Å². The molecule has 5 aromatic rings. The third-order valence-electron chi connectivity index (χ3n) is 9.22. The number of methoxy groups -OCH3 is 5. The lowest BCUT2D eigenvalue weighted by Gasteiger charge is -2.09. The van der Waals surface area contributed by atoms with Crippen molar-refractivity contribution in [2.24, 2.45) is 35.2 Å². The molecule has 0 radical (unpaired) electrons. The number of aliphatic hydroxyl groups excluding tert-OH is 1. The van der Waals surface area contributed by atoms with Gasteiger partial charge in [0.15, 0.2) is 5.15 Å². The van der Waals surface area contributed by atoms with Crippen LogP contribution in [0, 0.1) is 6.57 Å². The summed E-state index contributed by atoms with van der Waals surface area (Å²) in [6, 6.07) is 0. The van der Waals surface area contributed by atoms with Crippen molar-refractivity contribution < 1.29 is 80.4 Å². The van der Waals surface area contributed by atoms with E-state index in [0.29, 0.717) is 12.2 Å². The molecule has 79 heavy (non-hydrogen) atoms. The van der Waals surface area contributed by atoms with Crippen LogP contribution in [0.2, 0.25) is 30.4 Å². The summed E-state index contributed by atoms with van der Waals surface area (Å²) in [5.41, 5.74) is -3.08. The maximum Gasteiger partial charge on any atom is 0.340 e. The first-order valence-corrected chi connectivity index (χ1v) is 23.6. The van der Waals surface area contributed by atoms with Gasteiger partial charge in [0, 0.05) is 77.7 Å². The second kappa shape index (κ2) is 35.7. The van der Waals surface area contributed by atoms with Crippen molar-refractivity contribution in [1.82, 2.24) is 27.8 Å². The van der Waals surface area contributed by atoms with Gasteiger partial charge >= 0.3 is 42.5 Å². The molecule has 0 aliphatic rings. The Balaban J connectivity index is 0. The fraction of sp³-hybridized carbons (Fsp3) is 0.311. The highest BCUT2D eigenvalue weighted by atomic mass is 35.5. The number of rotatable bonds is 9. The molecule has 0 bridgehead atoms.